The van der Waals surface area contributed by atoms with Crippen molar-refractivity contribution in [3.63, 3.8) is 0 Å². The molecule has 0 atom stereocenters. The number of aromatic nitrogens is 1. The van der Waals surface area contributed by atoms with Gasteiger partial charge in [0.2, 0.25) is 11.8 Å². The van der Waals surface area contributed by atoms with E-state index in [1.54, 1.807) is 36.4 Å². The van der Waals surface area contributed by atoms with Crippen LogP contribution in [0, 0.1) is 0 Å². The summed E-state index contributed by atoms with van der Waals surface area (Å²) in [5.41, 5.74) is 2.68. The third kappa shape index (κ3) is 3.55. The monoisotopic (exact) mass is 405 g/mol. The van der Waals surface area contributed by atoms with Crippen LogP contribution in [0.25, 0.3) is 22.6 Å². The molecule has 0 aliphatic carbocycles. The lowest BCUT2D eigenvalue weighted by molar-refractivity contribution is -0.117. The van der Waals surface area contributed by atoms with Gasteiger partial charge in [-0.05, 0) is 64.5 Å². The number of carbonyl (C=O) groups is 1. The van der Waals surface area contributed by atoms with Crippen LogP contribution >= 0.6 is 28.1 Å². The van der Waals surface area contributed by atoms with Crippen molar-refractivity contribution in [3.8, 4) is 17.2 Å². The summed E-state index contributed by atoms with van der Waals surface area (Å²) in [5, 5.41) is 15.2. The number of phenolic OH excluding ortho intramolecular Hbond substituents is 1. The van der Waals surface area contributed by atoms with Gasteiger partial charge in [0, 0.05) is 18.2 Å². The number of hydrogen-bond acceptors (Lipinski definition) is 5. The molecule has 1 aromatic heterocycles. The van der Waals surface area contributed by atoms with Crippen LogP contribution in [0.15, 0.2) is 45.3 Å². The van der Waals surface area contributed by atoms with E-state index in [9.17, 15) is 9.90 Å². The van der Waals surface area contributed by atoms with Gasteiger partial charge >= 0.3 is 0 Å². The van der Waals surface area contributed by atoms with Gasteiger partial charge in [0.1, 0.15) is 11.3 Å². The van der Waals surface area contributed by atoms with E-state index >= 15 is 0 Å². The van der Waals surface area contributed by atoms with Crippen LogP contribution in [0.5, 0.6) is 5.75 Å². The zero-order valence-electron chi connectivity index (χ0n) is 12.5. The van der Waals surface area contributed by atoms with Crippen molar-refractivity contribution in [2.75, 3.05) is 5.32 Å². The Bertz CT molecular complexity index is 955. The maximum atomic E-state index is 11.0. The number of hydrogen-bond donors (Lipinski definition) is 3. The molecule has 0 spiro atoms. The minimum Gasteiger partial charge on any atom is -0.507 e. The maximum absolute atomic E-state index is 11.0. The normalized spacial score (nSPS) is 10.6. The van der Waals surface area contributed by atoms with Gasteiger partial charge in [-0.2, -0.15) is 0 Å². The Labute approximate surface area is 151 Å². The number of amides is 1. The van der Waals surface area contributed by atoms with Crippen molar-refractivity contribution in [2.45, 2.75) is 6.92 Å². The first-order valence-electron chi connectivity index (χ1n) is 6.90. The summed E-state index contributed by atoms with van der Waals surface area (Å²) in [6, 6.07) is 10.3. The zero-order chi connectivity index (χ0) is 17.3. The van der Waals surface area contributed by atoms with Gasteiger partial charge in [0.15, 0.2) is 10.7 Å². The number of phenols is 1. The molecule has 0 bridgehead atoms. The highest BCUT2D eigenvalue weighted by Gasteiger charge is 2.11. The second kappa shape index (κ2) is 6.58. The smallest absolute Gasteiger partial charge is 0.227 e. The summed E-state index contributed by atoms with van der Waals surface area (Å²) >= 11 is 8.29. The summed E-state index contributed by atoms with van der Waals surface area (Å²) < 4.78 is 6.29. The molecule has 6 nitrogen and oxygen atoms in total. The lowest BCUT2D eigenvalue weighted by atomic mass is 10.2. The number of aromatic hydroxyl groups is 1. The first-order chi connectivity index (χ1) is 11.4. The largest absolute Gasteiger partial charge is 0.507 e. The van der Waals surface area contributed by atoms with Crippen LogP contribution < -0.4 is 10.6 Å². The fraction of sp³-hybridized carbons (Fsp3) is 0.0625. The molecular weight excluding hydrogens is 394 g/mol. The van der Waals surface area contributed by atoms with E-state index in [0.29, 0.717) is 27.2 Å². The number of rotatable bonds is 2. The lowest BCUT2D eigenvalue weighted by Gasteiger charge is -2.07. The van der Waals surface area contributed by atoms with E-state index in [4.69, 9.17) is 16.6 Å². The van der Waals surface area contributed by atoms with Gasteiger partial charge in [-0.25, -0.2) is 4.98 Å². The number of oxazole rings is 1. The number of nitrogens with zero attached hydrogens (tertiary/aromatic N) is 1. The van der Waals surface area contributed by atoms with Gasteiger partial charge in [-0.15, -0.1) is 0 Å². The number of carbonyl (C=O) groups excluding carboxylic acids is 1. The van der Waals surface area contributed by atoms with Gasteiger partial charge in [-0.3, -0.25) is 4.79 Å². The van der Waals surface area contributed by atoms with Crippen LogP contribution in [0.3, 0.4) is 0 Å². The molecule has 0 unspecified atom stereocenters. The Kier molecular flexibility index (Phi) is 4.50. The van der Waals surface area contributed by atoms with Gasteiger partial charge in [-0.1, -0.05) is 0 Å². The predicted octanol–water partition coefficient (Wildman–Crippen LogP) is 3.80. The topological polar surface area (TPSA) is 87.4 Å². The SMILES string of the molecule is CC(=O)NC(=S)Nc1ccc2oc(-c3ccc(O)c(Br)c3)nc2c1. The van der Waals surface area contributed by atoms with Crippen molar-refractivity contribution < 1.29 is 14.3 Å². The van der Waals surface area contributed by atoms with Crippen LogP contribution in [0.1, 0.15) is 6.92 Å². The second-order valence-electron chi connectivity index (χ2n) is 5.00. The fourth-order valence-corrected chi connectivity index (χ4v) is 2.73. The molecule has 24 heavy (non-hydrogen) atoms. The minimum absolute atomic E-state index is 0.146. The Morgan fingerprint density at radius 2 is 2.08 bits per heavy atom. The summed E-state index contributed by atoms with van der Waals surface area (Å²) in [5.74, 6) is 0.343. The molecule has 3 rings (SSSR count). The maximum Gasteiger partial charge on any atom is 0.227 e. The molecule has 122 valence electrons. The average molecular weight is 406 g/mol. The van der Waals surface area contributed by atoms with Gasteiger partial charge in [0.25, 0.3) is 0 Å². The summed E-state index contributed by atoms with van der Waals surface area (Å²) in [6.45, 7) is 1.39. The average Bonchev–Trinajstić information content (AvgIpc) is 2.92. The van der Waals surface area contributed by atoms with Crippen molar-refractivity contribution in [3.05, 3.63) is 40.9 Å². The van der Waals surface area contributed by atoms with E-state index < -0.39 is 0 Å². The Balaban J connectivity index is 1.90. The molecule has 1 amide bonds. The molecule has 0 radical (unpaired) electrons. The van der Waals surface area contributed by atoms with E-state index in [2.05, 4.69) is 31.5 Å². The number of halogens is 1. The highest BCUT2D eigenvalue weighted by Crippen LogP contribution is 2.31. The Morgan fingerprint density at radius 1 is 1.29 bits per heavy atom. The molecule has 1 heterocycles. The quantitative estimate of drug-likeness (QED) is 0.562. The number of fused-ring (bicyclic) bond motifs is 1. The molecule has 0 aliphatic rings. The number of nitrogens with one attached hydrogen (secondary N) is 2. The van der Waals surface area contributed by atoms with Crippen molar-refractivity contribution in [1.29, 1.82) is 0 Å². The molecular formula is C16H12BrN3O3S. The number of thiocarbonyl (C=S) groups is 1. The minimum atomic E-state index is -0.241. The van der Waals surface area contributed by atoms with Crippen LogP contribution in [0.2, 0.25) is 0 Å². The lowest BCUT2D eigenvalue weighted by Crippen LogP contribution is -2.32. The van der Waals surface area contributed by atoms with Gasteiger partial charge < -0.3 is 20.2 Å². The third-order valence-corrected chi connectivity index (χ3v) is 3.97. The highest BCUT2D eigenvalue weighted by atomic mass is 79.9. The Morgan fingerprint density at radius 3 is 2.79 bits per heavy atom. The zero-order valence-corrected chi connectivity index (χ0v) is 14.9. The number of anilines is 1. The second-order valence-corrected chi connectivity index (χ2v) is 6.27. The number of benzene rings is 2. The Hall–Kier alpha value is -2.45. The molecule has 0 saturated carbocycles. The molecule has 0 fully saturated rings. The van der Waals surface area contributed by atoms with Crippen molar-refractivity contribution >= 4 is 56.0 Å². The van der Waals surface area contributed by atoms with Crippen LogP contribution in [-0.2, 0) is 4.79 Å². The van der Waals surface area contributed by atoms with Crippen LogP contribution in [-0.4, -0.2) is 21.1 Å². The first-order valence-corrected chi connectivity index (χ1v) is 8.10. The molecule has 2 aromatic carbocycles. The fourth-order valence-electron chi connectivity index (χ4n) is 2.09. The highest BCUT2D eigenvalue weighted by molar-refractivity contribution is 9.10. The van der Waals surface area contributed by atoms with E-state index in [-0.39, 0.29) is 16.8 Å². The molecule has 0 aliphatic heterocycles. The predicted molar refractivity (Wildman–Crippen MR) is 98.8 cm³/mol. The van der Waals surface area contributed by atoms with E-state index in [1.807, 2.05) is 0 Å². The third-order valence-electron chi connectivity index (χ3n) is 3.13. The van der Waals surface area contributed by atoms with Gasteiger partial charge in [0.05, 0.1) is 4.47 Å². The van der Waals surface area contributed by atoms with Crippen molar-refractivity contribution in [1.82, 2.24) is 10.3 Å². The summed E-state index contributed by atoms with van der Waals surface area (Å²) in [6.07, 6.45) is 0. The van der Waals surface area contributed by atoms with E-state index in [1.165, 1.54) is 6.92 Å². The molecule has 8 heteroatoms. The molecule has 3 aromatic rings. The molecule has 3 N–H and O–H groups in total. The molecule has 0 saturated heterocycles. The standard InChI is InChI=1S/C16H12BrN3O3S/c1-8(21)18-16(24)19-10-3-5-14-12(7-10)20-15(23-14)9-2-4-13(22)11(17)6-9/h2-7,22H,1H3,(H2,18,19,21,24). The van der Waals surface area contributed by atoms with Crippen molar-refractivity contribution in [2.24, 2.45) is 0 Å². The van der Waals surface area contributed by atoms with Crippen LogP contribution in [0.4, 0.5) is 5.69 Å². The van der Waals surface area contributed by atoms with E-state index in [0.717, 1.165) is 5.56 Å². The summed E-state index contributed by atoms with van der Waals surface area (Å²) in [4.78, 5) is 15.4. The summed E-state index contributed by atoms with van der Waals surface area (Å²) in [7, 11) is 0. The first kappa shape index (κ1) is 16.4.